The minimum absolute atomic E-state index is 0.261. The summed E-state index contributed by atoms with van der Waals surface area (Å²) in [5.41, 5.74) is 3.25. The van der Waals surface area contributed by atoms with Gasteiger partial charge in [0.2, 0.25) is 0 Å². The van der Waals surface area contributed by atoms with Crippen molar-refractivity contribution in [3.63, 3.8) is 0 Å². The van der Waals surface area contributed by atoms with Gasteiger partial charge in [-0.2, -0.15) is 0 Å². The van der Waals surface area contributed by atoms with E-state index >= 15 is 0 Å². The molecule has 1 heterocycles. The monoisotopic (exact) mass is 175 g/mol. The van der Waals surface area contributed by atoms with Gasteiger partial charge in [-0.05, 0) is 24.0 Å². The first kappa shape index (κ1) is 8.76. The van der Waals surface area contributed by atoms with Crippen molar-refractivity contribution >= 4 is 0 Å². The standard InChI is InChI=1S/C12H17N/c1-3-12(4-2)11-8-6-5-7-10(11)9-13-12/h5-8,13H,3-4,9H2,1-2H3. The lowest BCUT2D eigenvalue weighted by Crippen LogP contribution is -2.34. The second-order valence-corrected chi connectivity index (χ2v) is 3.80. The third-order valence-corrected chi connectivity index (χ3v) is 3.36. The smallest absolute Gasteiger partial charge is 0.0435 e. The largest absolute Gasteiger partial charge is 0.303 e. The van der Waals surface area contributed by atoms with E-state index in [-0.39, 0.29) is 5.54 Å². The van der Waals surface area contributed by atoms with Crippen LogP contribution in [0, 0.1) is 0 Å². The van der Waals surface area contributed by atoms with Crippen molar-refractivity contribution in [2.24, 2.45) is 0 Å². The number of benzene rings is 1. The van der Waals surface area contributed by atoms with E-state index < -0.39 is 0 Å². The fourth-order valence-electron chi connectivity index (χ4n) is 2.38. The predicted octanol–water partition coefficient (Wildman–Crippen LogP) is 2.81. The van der Waals surface area contributed by atoms with Crippen LogP contribution in [0.3, 0.4) is 0 Å². The molecule has 1 N–H and O–H groups in total. The van der Waals surface area contributed by atoms with Gasteiger partial charge < -0.3 is 5.32 Å². The first-order chi connectivity index (χ1) is 6.32. The molecule has 13 heavy (non-hydrogen) atoms. The normalized spacial score (nSPS) is 18.6. The SMILES string of the molecule is CCC1(CC)NCc2ccccc21. The van der Waals surface area contributed by atoms with E-state index in [4.69, 9.17) is 0 Å². The van der Waals surface area contributed by atoms with E-state index in [1.807, 2.05) is 0 Å². The molecule has 0 unspecified atom stereocenters. The Bertz CT molecular complexity index is 300. The zero-order valence-electron chi connectivity index (χ0n) is 8.43. The highest BCUT2D eigenvalue weighted by Gasteiger charge is 2.34. The van der Waals surface area contributed by atoms with Gasteiger partial charge in [0.25, 0.3) is 0 Å². The summed E-state index contributed by atoms with van der Waals surface area (Å²) in [7, 11) is 0. The van der Waals surface area contributed by atoms with Crippen molar-refractivity contribution in [3.05, 3.63) is 35.4 Å². The maximum Gasteiger partial charge on any atom is 0.0435 e. The van der Waals surface area contributed by atoms with Gasteiger partial charge in [0, 0.05) is 12.1 Å². The third kappa shape index (κ3) is 1.19. The predicted molar refractivity (Wildman–Crippen MR) is 55.5 cm³/mol. The van der Waals surface area contributed by atoms with E-state index in [1.54, 1.807) is 0 Å². The molecule has 0 fully saturated rings. The first-order valence-corrected chi connectivity index (χ1v) is 5.16. The Labute approximate surface area is 80.2 Å². The van der Waals surface area contributed by atoms with Crippen LogP contribution in [-0.4, -0.2) is 0 Å². The number of fused-ring (bicyclic) bond motifs is 1. The van der Waals surface area contributed by atoms with Crippen LogP contribution >= 0.6 is 0 Å². The summed E-state index contributed by atoms with van der Waals surface area (Å²) in [6.45, 7) is 5.56. The van der Waals surface area contributed by atoms with Gasteiger partial charge in [0.1, 0.15) is 0 Å². The average molecular weight is 175 g/mol. The van der Waals surface area contributed by atoms with Crippen molar-refractivity contribution in [1.82, 2.24) is 5.32 Å². The molecule has 0 aliphatic carbocycles. The first-order valence-electron chi connectivity index (χ1n) is 5.16. The van der Waals surface area contributed by atoms with Crippen molar-refractivity contribution < 1.29 is 0 Å². The molecular weight excluding hydrogens is 158 g/mol. The van der Waals surface area contributed by atoms with Crippen LogP contribution in [0.5, 0.6) is 0 Å². The molecule has 0 saturated carbocycles. The highest BCUT2D eigenvalue weighted by molar-refractivity contribution is 5.37. The Morgan fingerprint density at radius 2 is 1.92 bits per heavy atom. The van der Waals surface area contributed by atoms with E-state index in [0.717, 1.165) is 6.54 Å². The lowest BCUT2D eigenvalue weighted by atomic mass is 9.86. The summed E-state index contributed by atoms with van der Waals surface area (Å²) in [5.74, 6) is 0. The summed E-state index contributed by atoms with van der Waals surface area (Å²) < 4.78 is 0. The summed E-state index contributed by atoms with van der Waals surface area (Å²) in [5, 5.41) is 3.63. The maximum absolute atomic E-state index is 3.63. The number of rotatable bonds is 2. The molecule has 0 saturated heterocycles. The fourth-order valence-corrected chi connectivity index (χ4v) is 2.38. The van der Waals surface area contributed by atoms with Gasteiger partial charge in [-0.1, -0.05) is 38.1 Å². The van der Waals surface area contributed by atoms with Gasteiger partial charge >= 0.3 is 0 Å². The van der Waals surface area contributed by atoms with Crippen molar-refractivity contribution in [3.8, 4) is 0 Å². The molecule has 1 aromatic carbocycles. The van der Waals surface area contributed by atoms with Gasteiger partial charge in [0.05, 0.1) is 0 Å². The summed E-state index contributed by atoms with van der Waals surface area (Å²) in [6.07, 6.45) is 2.36. The van der Waals surface area contributed by atoms with Gasteiger partial charge in [0.15, 0.2) is 0 Å². The van der Waals surface area contributed by atoms with Gasteiger partial charge in [-0.15, -0.1) is 0 Å². The molecule has 0 amide bonds. The van der Waals surface area contributed by atoms with Crippen LogP contribution < -0.4 is 5.32 Å². The Balaban J connectivity index is 2.47. The molecule has 2 rings (SSSR count). The molecule has 1 aromatic rings. The van der Waals surface area contributed by atoms with E-state index in [1.165, 1.54) is 24.0 Å². The molecule has 1 aliphatic heterocycles. The zero-order chi connectivity index (χ0) is 9.31. The van der Waals surface area contributed by atoms with Crippen LogP contribution in [-0.2, 0) is 12.1 Å². The zero-order valence-corrected chi connectivity index (χ0v) is 8.43. The van der Waals surface area contributed by atoms with E-state index in [2.05, 4.69) is 43.4 Å². The van der Waals surface area contributed by atoms with Crippen molar-refractivity contribution in [2.45, 2.75) is 38.8 Å². The Hall–Kier alpha value is -0.820. The lowest BCUT2D eigenvalue weighted by Gasteiger charge is -2.28. The fraction of sp³-hybridized carbons (Fsp3) is 0.500. The average Bonchev–Trinajstić information content (AvgIpc) is 2.58. The molecular formula is C12H17N. The van der Waals surface area contributed by atoms with E-state index in [0.29, 0.717) is 0 Å². The summed E-state index contributed by atoms with van der Waals surface area (Å²) >= 11 is 0. The molecule has 1 aliphatic rings. The quantitative estimate of drug-likeness (QED) is 0.728. The summed E-state index contributed by atoms with van der Waals surface area (Å²) in [4.78, 5) is 0. The molecule has 0 spiro atoms. The lowest BCUT2D eigenvalue weighted by molar-refractivity contribution is 0.336. The van der Waals surface area contributed by atoms with Crippen molar-refractivity contribution in [2.75, 3.05) is 0 Å². The Kier molecular flexibility index (Phi) is 2.12. The second-order valence-electron chi connectivity index (χ2n) is 3.80. The molecule has 0 bridgehead atoms. The molecule has 1 nitrogen and oxygen atoms in total. The molecule has 0 aromatic heterocycles. The molecule has 1 heteroatoms. The molecule has 0 radical (unpaired) electrons. The van der Waals surface area contributed by atoms with Crippen LogP contribution in [0.25, 0.3) is 0 Å². The minimum atomic E-state index is 0.261. The third-order valence-electron chi connectivity index (χ3n) is 3.36. The number of nitrogens with one attached hydrogen (secondary N) is 1. The Morgan fingerprint density at radius 3 is 2.62 bits per heavy atom. The molecule has 0 atom stereocenters. The van der Waals surface area contributed by atoms with Crippen LogP contribution in [0.1, 0.15) is 37.8 Å². The summed E-state index contributed by atoms with van der Waals surface area (Å²) in [6, 6.07) is 8.77. The second kappa shape index (κ2) is 3.15. The highest BCUT2D eigenvalue weighted by Crippen LogP contribution is 2.36. The number of hydrogen-bond acceptors (Lipinski definition) is 1. The number of hydrogen-bond donors (Lipinski definition) is 1. The maximum atomic E-state index is 3.63. The Morgan fingerprint density at radius 1 is 1.23 bits per heavy atom. The highest BCUT2D eigenvalue weighted by atomic mass is 15.0. The van der Waals surface area contributed by atoms with Gasteiger partial charge in [-0.25, -0.2) is 0 Å². The van der Waals surface area contributed by atoms with Crippen LogP contribution in [0.4, 0.5) is 0 Å². The molecule has 70 valence electrons. The minimum Gasteiger partial charge on any atom is -0.303 e. The van der Waals surface area contributed by atoms with Crippen LogP contribution in [0.15, 0.2) is 24.3 Å². The topological polar surface area (TPSA) is 12.0 Å². The van der Waals surface area contributed by atoms with E-state index in [9.17, 15) is 0 Å². The van der Waals surface area contributed by atoms with Gasteiger partial charge in [-0.3, -0.25) is 0 Å². The van der Waals surface area contributed by atoms with Crippen LogP contribution in [0.2, 0.25) is 0 Å². The van der Waals surface area contributed by atoms with Crippen molar-refractivity contribution in [1.29, 1.82) is 0 Å².